The smallest absolute Gasteiger partial charge is 0.314 e. The highest BCUT2D eigenvalue weighted by atomic mass is 32.1. The van der Waals surface area contributed by atoms with Crippen LogP contribution < -0.4 is 15.1 Å². The van der Waals surface area contributed by atoms with Gasteiger partial charge in [-0.3, -0.25) is 14.4 Å². The first-order valence-corrected chi connectivity index (χ1v) is 8.77. The van der Waals surface area contributed by atoms with Gasteiger partial charge < -0.3 is 20.0 Å². The highest BCUT2D eigenvalue weighted by Crippen LogP contribution is 2.23. The molecule has 1 saturated heterocycles. The van der Waals surface area contributed by atoms with Crippen molar-refractivity contribution in [2.75, 3.05) is 48.8 Å². The number of thiophene rings is 1. The molecule has 0 bridgehead atoms. The molecule has 1 aliphatic heterocycles. The number of aromatic nitrogens is 2. The second-order valence-electron chi connectivity index (χ2n) is 5.83. The van der Waals surface area contributed by atoms with Crippen molar-refractivity contribution >= 4 is 45.6 Å². The summed E-state index contributed by atoms with van der Waals surface area (Å²) in [6.07, 6.45) is 2.78. The zero-order chi connectivity index (χ0) is 18.7. The molecular formula is C16H18N6O3S. The second-order valence-corrected chi connectivity index (χ2v) is 6.76. The normalized spacial score (nSPS) is 14.3. The molecule has 0 unspecified atom stereocenters. The fraction of sp³-hybridized carbons (Fsp3) is 0.312. The molecule has 1 fully saturated rings. The van der Waals surface area contributed by atoms with Crippen molar-refractivity contribution in [3.8, 4) is 0 Å². The largest absolute Gasteiger partial charge is 0.361 e. The molecule has 0 aliphatic carbocycles. The fourth-order valence-corrected chi connectivity index (χ4v) is 3.36. The van der Waals surface area contributed by atoms with Crippen LogP contribution in [0.3, 0.4) is 0 Å². The minimum absolute atomic E-state index is 0.129. The van der Waals surface area contributed by atoms with E-state index in [2.05, 4.69) is 15.3 Å². The minimum atomic E-state index is -0.819. The van der Waals surface area contributed by atoms with E-state index >= 15 is 0 Å². The molecule has 0 saturated carbocycles. The van der Waals surface area contributed by atoms with Gasteiger partial charge in [0.15, 0.2) is 5.82 Å². The highest BCUT2D eigenvalue weighted by Gasteiger charge is 2.31. The molecule has 3 heterocycles. The van der Waals surface area contributed by atoms with Crippen LogP contribution in [0, 0.1) is 0 Å². The molecule has 0 spiro atoms. The minimum Gasteiger partial charge on any atom is -0.361 e. The second kappa shape index (κ2) is 7.48. The van der Waals surface area contributed by atoms with E-state index in [1.54, 1.807) is 23.9 Å². The van der Waals surface area contributed by atoms with E-state index in [0.717, 1.165) is 5.00 Å². The van der Waals surface area contributed by atoms with E-state index in [1.807, 2.05) is 17.5 Å². The number of nitrogens with one attached hydrogen (secondary N) is 1. The maximum atomic E-state index is 12.4. The molecule has 9 nitrogen and oxygen atoms in total. The van der Waals surface area contributed by atoms with E-state index in [0.29, 0.717) is 24.6 Å². The van der Waals surface area contributed by atoms with Crippen molar-refractivity contribution in [1.29, 1.82) is 0 Å². The van der Waals surface area contributed by atoms with Crippen LogP contribution in [0.15, 0.2) is 30.0 Å². The first kappa shape index (κ1) is 17.8. The van der Waals surface area contributed by atoms with Crippen LogP contribution in [0.5, 0.6) is 0 Å². The number of carbonyl (C=O) groups excluding carboxylic acids is 3. The van der Waals surface area contributed by atoms with Crippen LogP contribution in [-0.4, -0.2) is 66.3 Å². The molecule has 1 aliphatic rings. The van der Waals surface area contributed by atoms with E-state index < -0.39 is 11.8 Å². The van der Waals surface area contributed by atoms with Gasteiger partial charge in [0.05, 0.1) is 11.2 Å². The number of carbonyl (C=O) groups is 3. The third kappa shape index (κ3) is 3.64. The number of hydrogen-bond donors (Lipinski definition) is 1. The Morgan fingerprint density at radius 1 is 1.31 bits per heavy atom. The van der Waals surface area contributed by atoms with E-state index in [4.69, 9.17) is 0 Å². The maximum Gasteiger partial charge on any atom is 0.314 e. The van der Waals surface area contributed by atoms with Gasteiger partial charge in [-0.2, -0.15) is 0 Å². The van der Waals surface area contributed by atoms with Gasteiger partial charge in [-0.05, 0) is 17.5 Å². The lowest BCUT2D eigenvalue weighted by molar-refractivity contribution is -0.145. The Morgan fingerprint density at radius 3 is 2.77 bits per heavy atom. The summed E-state index contributed by atoms with van der Waals surface area (Å²) in [6.45, 7) is 0.521. The lowest BCUT2D eigenvalue weighted by Crippen LogP contribution is -2.54. The quantitative estimate of drug-likeness (QED) is 0.782. The van der Waals surface area contributed by atoms with Gasteiger partial charge >= 0.3 is 11.8 Å². The fourth-order valence-electron chi connectivity index (χ4n) is 2.59. The molecule has 3 rings (SSSR count). The van der Waals surface area contributed by atoms with Gasteiger partial charge in [-0.1, -0.05) is 0 Å². The zero-order valence-electron chi connectivity index (χ0n) is 14.4. The van der Waals surface area contributed by atoms with Crippen LogP contribution in [0.4, 0.5) is 16.5 Å². The first-order chi connectivity index (χ1) is 12.5. The van der Waals surface area contributed by atoms with E-state index in [-0.39, 0.29) is 12.5 Å². The average molecular weight is 374 g/mol. The van der Waals surface area contributed by atoms with Crippen molar-refractivity contribution < 1.29 is 14.4 Å². The third-order valence-corrected chi connectivity index (χ3v) is 4.73. The lowest BCUT2D eigenvalue weighted by Gasteiger charge is -2.33. The summed E-state index contributed by atoms with van der Waals surface area (Å²) in [7, 11) is 3.53. The molecule has 2 aromatic rings. The van der Waals surface area contributed by atoms with Crippen LogP contribution in [0.1, 0.15) is 0 Å². The highest BCUT2D eigenvalue weighted by molar-refractivity contribution is 7.14. The summed E-state index contributed by atoms with van der Waals surface area (Å²) in [6, 6.07) is 3.72. The molecule has 0 atom stereocenters. The van der Waals surface area contributed by atoms with E-state index in [9.17, 15) is 14.4 Å². The molecule has 1 N–H and O–H groups in total. The monoisotopic (exact) mass is 374 g/mol. The van der Waals surface area contributed by atoms with Crippen LogP contribution >= 0.6 is 11.3 Å². The molecular weight excluding hydrogens is 356 g/mol. The Kier molecular flexibility index (Phi) is 5.12. The number of piperazine rings is 1. The predicted molar refractivity (Wildman–Crippen MR) is 98.2 cm³/mol. The van der Waals surface area contributed by atoms with Crippen molar-refractivity contribution in [1.82, 2.24) is 14.9 Å². The Morgan fingerprint density at radius 2 is 2.12 bits per heavy atom. The third-order valence-electron chi connectivity index (χ3n) is 3.84. The number of nitrogens with zero attached hydrogens (tertiary/aromatic N) is 5. The van der Waals surface area contributed by atoms with Gasteiger partial charge in [0, 0.05) is 27.2 Å². The zero-order valence-corrected chi connectivity index (χ0v) is 15.2. The van der Waals surface area contributed by atoms with E-state index in [1.165, 1.54) is 28.8 Å². The summed E-state index contributed by atoms with van der Waals surface area (Å²) in [5.41, 5.74) is 0.333. The van der Waals surface area contributed by atoms with Gasteiger partial charge in [0.2, 0.25) is 5.91 Å². The molecule has 136 valence electrons. The molecule has 2 aromatic heterocycles. The average Bonchev–Trinajstić information content (AvgIpc) is 3.15. The molecule has 26 heavy (non-hydrogen) atoms. The van der Waals surface area contributed by atoms with Crippen molar-refractivity contribution in [2.45, 2.75) is 0 Å². The SMILES string of the molecule is CN(C)c1ncncc1NC(=O)C(=O)N1CCN(c2cccs2)C(=O)C1. The maximum absolute atomic E-state index is 12.4. The van der Waals surface area contributed by atoms with Crippen molar-refractivity contribution in [3.63, 3.8) is 0 Å². The summed E-state index contributed by atoms with van der Waals surface area (Å²) in [5, 5.41) is 5.25. The molecule has 3 amide bonds. The number of amides is 3. The Balaban J connectivity index is 1.65. The Labute approximate surface area is 154 Å². The van der Waals surface area contributed by atoms with Crippen LogP contribution in [0.2, 0.25) is 0 Å². The summed E-state index contributed by atoms with van der Waals surface area (Å²) in [5.74, 6) is -1.30. The number of anilines is 3. The van der Waals surface area contributed by atoms with Gasteiger partial charge in [0.25, 0.3) is 0 Å². The van der Waals surface area contributed by atoms with Gasteiger partial charge in [0.1, 0.15) is 18.6 Å². The van der Waals surface area contributed by atoms with Crippen molar-refractivity contribution in [3.05, 3.63) is 30.0 Å². The molecule has 10 heteroatoms. The molecule has 0 radical (unpaired) electrons. The number of hydrogen-bond acceptors (Lipinski definition) is 7. The summed E-state index contributed by atoms with van der Waals surface area (Å²) in [4.78, 5) is 49.5. The topological polar surface area (TPSA) is 98.7 Å². The predicted octanol–water partition coefficient (Wildman–Crippen LogP) is 0.418. The van der Waals surface area contributed by atoms with Gasteiger partial charge in [-0.15, -0.1) is 11.3 Å². The van der Waals surface area contributed by atoms with Crippen molar-refractivity contribution in [2.24, 2.45) is 0 Å². The standard InChI is InChI=1S/C16H18N6O3S/c1-20(2)14-11(8-17-10-18-14)19-15(24)16(25)21-5-6-22(12(23)9-21)13-4-3-7-26-13/h3-4,7-8,10H,5-6,9H2,1-2H3,(H,19,24). The summed E-state index contributed by atoms with van der Waals surface area (Å²) >= 11 is 1.46. The Bertz CT molecular complexity index is 823. The summed E-state index contributed by atoms with van der Waals surface area (Å²) < 4.78 is 0. The van der Waals surface area contributed by atoms with Crippen LogP contribution in [0.25, 0.3) is 0 Å². The lowest BCUT2D eigenvalue weighted by atomic mass is 10.3. The first-order valence-electron chi connectivity index (χ1n) is 7.89. The molecule has 0 aromatic carbocycles. The van der Waals surface area contributed by atoms with Gasteiger partial charge in [-0.25, -0.2) is 9.97 Å². The van der Waals surface area contributed by atoms with Crippen LogP contribution in [-0.2, 0) is 14.4 Å². The number of rotatable bonds is 3. The Hall–Kier alpha value is -3.01.